The molecule has 1 heterocycles. The first-order valence-corrected chi connectivity index (χ1v) is 6.75. The summed E-state index contributed by atoms with van der Waals surface area (Å²) in [5, 5.41) is 3.54. The highest BCUT2D eigenvalue weighted by Gasteiger charge is 2.21. The van der Waals surface area contributed by atoms with Crippen LogP contribution in [0.4, 0.5) is 10.3 Å². The van der Waals surface area contributed by atoms with Gasteiger partial charge in [0.05, 0.1) is 5.69 Å². The first-order valence-electron chi connectivity index (χ1n) is 6.75. The van der Waals surface area contributed by atoms with E-state index in [0.717, 1.165) is 5.56 Å². The minimum atomic E-state index is -0.773. The molecular formula is C15H16FN3O4. The van der Waals surface area contributed by atoms with Crippen molar-refractivity contribution in [2.45, 2.75) is 13.5 Å². The lowest BCUT2D eigenvalue weighted by molar-refractivity contribution is -0.133. The van der Waals surface area contributed by atoms with Crippen LogP contribution >= 0.6 is 0 Å². The molecule has 0 aliphatic carbocycles. The van der Waals surface area contributed by atoms with E-state index in [2.05, 4.69) is 9.68 Å². The molecule has 2 N–H and O–H groups in total. The molecule has 0 saturated carbocycles. The Labute approximate surface area is 131 Å². The summed E-state index contributed by atoms with van der Waals surface area (Å²) >= 11 is 0. The third-order valence-electron chi connectivity index (χ3n) is 3.18. The summed E-state index contributed by atoms with van der Waals surface area (Å²) in [5.41, 5.74) is 6.53. The molecule has 1 aromatic carbocycles. The van der Waals surface area contributed by atoms with Gasteiger partial charge in [0, 0.05) is 13.6 Å². The van der Waals surface area contributed by atoms with Gasteiger partial charge in [0.15, 0.2) is 6.61 Å². The molecule has 7 nitrogen and oxygen atoms in total. The zero-order chi connectivity index (χ0) is 17.0. The number of carbonyl (C=O) groups is 2. The molecule has 0 radical (unpaired) electrons. The number of aryl methyl sites for hydroxylation is 1. The quantitative estimate of drug-likeness (QED) is 0.838. The first kappa shape index (κ1) is 16.5. The van der Waals surface area contributed by atoms with Gasteiger partial charge in [-0.2, -0.15) is 0 Å². The fourth-order valence-corrected chi connectivity index (χ4v) is 1.90. The number of likely N-dealkylation sites (N-methyl/N-ethyl adjacent to an activating group) is 1. The third kappa shape index (κ3) is 4.06. The number of hydrogen-bond acceptors (Lipinski definition) is 6. The number of nitrogens with two attached hydrogens (primary N) is 1. The van der Waals surface area contributed by atoms with Gasteiger partial charge in [-0.05, 0) is 24.6 Å². The highest BCUT2D eigenvalue weighted by Crippen LogP contribution is 2.16. The van der Waals surface area contributed by atoms with Crippen LogP contribution in [0.1, 0.15) is 21.6 Å². The second-order valence-electron chi connectivity index (χ2n) is 4.96. The van der Waals surface area contributed by atoms with Crippen molar-refractivity contribution in [1.82, 2.24) is 10.1 Å². The molecule has 0 aliphatic rings. The maximum atomic E-state index is 12.8. The lowest BCUT2D eigenvalue weighted by atomic mass is 10.2. The predicted octanol–water partition coefficient (Wildman–Crippen LogP) is 1.52. The number of benzene rings is 1. The average Bonchev–Trinajstić information content (AvgIpc) is 2.85. The highest BCUT2D eigenvalue weighted by atomic mass is 19.1. The number of halogens is 1. The minimum absolute atomic E-state index is 0.0130. The third-order valence-corrected chi connectivity index (χ3v) is 3.18. The van der Waals surface area contributed by atoms with Gasteiger partial charge in [-0.25, -0.2) is 9.18 Å². The Morgan fingerprint density at radius 3 is 2.57 bits per heavy atom. The number of anilines is 1. The molecular weight excluding hydrogens is 305 g/mol. The summed E-state index contributed by atoms with van der Waals surface area (Å²) in [5.74, 6) is -1.68. The van der Waals surface area contributed by atoms with E-state index in [1.54, 1.807) is 26.1 Å². The van der Waals surface area contributed by atoms with Crippen molar-refractivity contribution < 1.29 is 23.2 Å². The van der Waals surface area contributed by atoms with Gasteiger partial charge in [-0.15, -0.1) is 0 Å². The highest BCUT2D eigenvalue weighted by molar-refractivity contribution is 5.96. The number of amides is 1. The number of aromatic nitrogens is 1. The van der Waals surface area contributed by atoms with Gasteiger partial charge in [-0.3, -0.25) is 4.79 Å². The van der Waals surface area contributed by atoms with Crippen molar-refractivity contribution in [3.05, 3.63) is 46.9 Å². The fourth-order valence-electron chi connectivity index (χ4n) is 1.90. The van der Waals surface area contributed by atoms with E-state index in [-0.39, 0.29) is 23.8 Å². The van der Waals surface area contributed by atoms with Crippen molar-refractivity contribution in [2.24, 2.45) is 0 Å². The number of rotatable bonds is 5. The lowest BCUT2D eigenvalue weighted by Gasteiger charge is -2.17. The van der Waals surface area contributed by atoms with E-state index in [9.17, 15) is 14.0 Å². The van der Waals surface area contributed by atoms with E-state index in [4.69, 9.17) is 10.5 Å². The maximum absolute atomic E-state index is 12.8. The lowest BCUT2D eigenvalue weighted by Crippen LogP contribution is -2.31. The summed E-state index contributed by atoms with van der Waals surface area (Å²) < 4.78 is 22.4. The minimum Gasteiger partial charge on any atom is -0.452 e. The van der Waals surface area contributed by atoms with Crippen molar-refractivity contribution in [3.8, 4) is 0 Å². The second-order valence-corrected chi connectivity index (χ2v) is 4.96. The monoisotopic (exact) mass is 321 g/mol. The molecule has 0 spiro atoms. The Morgan fingerprint density at radius 1 is 1.35 bits per heavy atom. The Morgan fingerprint density at radius 2 is 2.00 bits per heavy atom. The number of nitrogens with zero attached hydrogens (tertiary/aromatic N) is 2. The van der Waals surface area contributed by atoms with Crippen LogP contribution in [0.2, 0.25) is 0 Å². The summed E-state index contributed by atoms with van der Waals surface area (Å²) in [6, 6.07) is 5.77. The molecule has 0 saturated heterocycles. The summed E-state index contributed by atoms with van der Waals surface area (Å²) in [6.07, 6.45) is 0. The van der Waals surface area contributed by atoms with Crippen LogP contribution < -0.4 is 5.73 Å². The molecule has 0 atom stereocenters. The van der Waals surface area contributed by atoms with Crippen LogP contribution in [0.25, 0.3) is 0 Å². The zero-order valence-electron chi connectivity index (χ0n) is 12.7. The SMILES string of the molecule is Cc1noc(N)c1C(=O)OCC(=O)N(C)Cc1ccc(F)cc1. The van der Waals surface area contributed by atoms with Crippen molar-refractivity contribution in [1.29, 1.82) is 0 Å². The maximum Gasteiger partial charge on any atom is 0.346 e. The fraction of sp³-hybridized carbons (Fsp3) is 0.267. The van der Waals surface area contributed by atoms with Crippen molar-refractivity contribution in [3.63, 3.8) is 0 Å². The zero-order valence-corrected chi connectivity index (χ0v) is 12.7. The molecule has 1 aromatic heterocycles. The van der Waals surface area contributed by atoms with Crippen molar-refractivity contribution >= 4 is 17.8 Å². The molecule has 0 aliphatic heterocycles. The van der Waals surface area contributed by atoms with Crippen molar-refractivity contribution in [2.75, 3.05) is 19.4 Å². The van der Waals surface area contributed by atoms with Crippen LogP contribution in [0.15, 0.2) is 28.8 Å². The van der Waals surface area contributed by atoms with Crippen LogP contribution in [0.3, 0.4) is 0 Å². The standard InChI is InChI=1S/C15H16FN3O4/c1-9-13(14(17)23-18-9)15(21)22-8-12(20)19(2)7-10-3-5-11(16)6-4-10/h3-6H,7-8,17H2,1-2H3. The Balaban J connectivity index is 1.89. The molecule has 23 heavy (non-hydrogen) atoms. The van der Waals surface area contributed by atoms with Gasteiger partial charge in [0.2, 0.25) is 5.88 Å². The number of esters is 1. The molecule has 0 fully saturated rings. The van der Waals surface area contributed by atoms with E-state index in [1.807, 2.05) is 0 Å². The van der Waals surface area contributed by atoms with Gasteiger partial charge in [0.1, 0.15) is 11.4 Å². The largest absolute Gasteiger partial charge is 0.452 e. The molecule has 0 bridgehead atoms. The van der Waals surface area contributed by atoms with E-state index >= 15 is 0 Å². The van der Waals surface area contributed by atoms with Gasteiger partial charge >= 0.3 is 5.97 Å². The molecule has 8 heteroatoms. The number of carbonyl (C=O) groups excluding carboxylic acids is 2. The van der Waals surface area contributed by atoms with Gasteiger partial charge in [-0.1, -0.05) is 17.3 Å². The van der Waals surface area contributed by atoms with Crippen LogP contribution in [-0.4, -0.2) is 35.6 Å². The summed E-state index contributed by atoms with van der Waals surface area (Å²) in [7, 11) is 1.55. The Kier molecular flexibility index (Phi) is 4.95. The van der Waals surface area contributed by atoms with Gasteiger partial charge < -0.3 is 19.9 Å². The average molecular weight is 321 g/mol. The number of ether oxygens (including phenoxy) is 1. The van der Waals surface area contributed by atoms with E-state index in [0.29, 0.717) is 5.69 Å². The topological polar surface area (TPSA) is 98.7 Å². The summed E-state index contributed by atoms with van der Waals surface area (Å²) in [4.78, 5) is 25.2. The smallest absolute Gasteiger partial charge is 0.346 e. The molecule has 1 amide bonds. The van der Waals surface area contributed by atoms with E-state index < -0.39 is 18.5 Å². The molecule has 2 rings (SSSR count). The van der Waals surface area contributed by atoms with Crippen LogP contribution in [-0.2, 0) is 16.1 Å². The second kappa shape index (κ2) is 6.91. The van der Waals surface area contributed by atoms with Gasteiger partial charge in [0.25, 0.3) is 5.91 Å². The number of nitrogen functional groups attached to an aromatic ring is 1. The molecule has 0 unspecified atom stereocenters. The Hall–Kier alpha value is -2.90. The Bertz CT molecular complexity index is 693. The number of hydrogen-bond donors (Lipinski definition) is 1. The molecule has 122 valence electrons. The summed E-state index contributed by atoms with van der Waals surface area (Å²) in [6.45, 7) is 1.37. The predicted molar refractivity (Wildman–Crippen MR) is 78.8 cm³/mol. The van der Waals surface area contributed by atoms with E-state index in [1.165, 1.54) is 17.0 Å². The first-order chi connectivity index (χ1) is 10.9. The molecule has 2 aromatic rings. The normalized spacial score (nSPS) is 10.4. The van der Waals surface area contributed by atoms with Crippen LogP contribution in [0, 0.1) is 12.7 Å². The van der Waals surface area contributed by atoms with Crippen LogP contribution in [0.5, 0.6) is 0 Å².